The molecule has 1 aromatic carbocycles. The molecule has 2 aliphatic rings. The Kier molecular flexibility index (Phi) is 5.69. The van der Waals surface area contributed by atoms with Gasteiger partial charge in [0.05, 0.1) is 11.5 Å². The van der Waals surface area contributed by atoms with E-state index in [9.17, 15) is 13.6 Å². The van der Waals surface area contributed by atoms with Gasteiger partial charge in [0.15, 0.2) is 0 Å². The fraction of sp³-hybridized carbons (Fsp3) is 0.632. The molecule has 1 aliphatic carbocycles. The van der Waals surface area contributed by atoms with E-state index in [0.717, 1.165) is 25.3 Å². The van der Waals surface area contributed by atoms with Gasteiger partial charge in [-0.2, -0.15) is 0 Å². The molecule has 2 fully saturated rings. The van der Waals surface area contributed by atoms with Crippen LogP contribution in [-0.4, -0.2) is 38.9 Å². The summed E-state index contributed by atoms with van der Waals surface area (Å²) in [6, 6.07) is 3.45. The molecule has 138 valence electrons. The topological polar surface area (TPSA) is 47.6 Å². The second-order valence-electron chi connectivity index (χ2n) is 6.99. The molecule has 1 aromatic rings. The van der Waals surface area contributed by atoms with Crippen LogP contribution in [0.5, 0.6) is 0 Å². The summed E-state index contributed by atoms with van der Waals surface area (Å²) < 4.78 is 38.6. The lowest BCUT2D eigenvalue weighted by molar-refractivity contribution is -0.131. The van der Waals surface area contributed by atoms with Gasteiger partial charge in [-0.15, -0.1) is 0 Å². The molecule has 1 aliphatic heterocycles. The first-order valence-corrected chi connectivity index (χ1v) is 8.91. The molecule has 2 atom stereocenters. The lowest BCUT2D eigenvalue weighted by Crippen LogP contribution is -2.50. The number of rotatable bonds is 5. The van der Waals surface area contributed by atoms with Gasteiger partial charge < -0.3 is 14.8 Å². The van der Waals surface area contributed by atoms with Crippen LogP contribution >= 0.6 is 0 Å². The van der Waals surface area contributed by atoms with Crippen molar-refractivity contribution < 1.29 is 23.0 Å². The van der Waals surface area contributed by atoms with Crippen molar-refractivity contribution in [2.75, 3.05) is 26.9 Å². The average Bonchev–Trinajstić information content (AvgIpc) is 3.07. The summed E-state index contributed by atoms with van der Waals surface area (Å²) in [5.41, 5.74) is -0.749. The summed E-state index contributed by atoms with van der Waals surface area (Å²) >= 11 is 0. The number of methoxy groups -OCH3 is 1. The Morgan fingerprint density at radius 1 is 1.32 bits per heavy atom. The minimum atomic E-state index is -1.00. The van der Waals surface area contributed by atoms with Gasteiger partial charge in [-0.3, -0.25) is 4.79 Å². The quantitative estimate of drug-likeness (QED) is 0.885. The summed E-state index contributed by atoms with van der Waals surface area (Å²) in [7, 11) is 1.69. The molecule has 1 amide bonds. The maximum absolute atomic E-state index is 14.4. The predicted molar refractivity (Wildman–Crippen MR) is 89.2 cm³/mol. The van der Waals surface area contributed by atoms with Crippen LogP contribution in [0, 0.1) is 17.6 Å². The van der Waals surface area contributed by atoms with Crippen molar-refractivity contribution in [2.24, 2.45) is 5.92 Å². The molecule has 1 N–H and O–H groups in total. The maximum Gasteiger partial charge on any atom is 0.230 e. The van der Waals surface area contributed by atoms with Gasteiger partial charge in [-0.05, 0) is 31.7 Å². The summed E-state index contributed by atoms with van der Waals surface area (Å²) in [5.74, 6) is -1.24. The molecule has 0 bridgehead atoms. The second kappa shape index (κ2) is 7.79. The Morgan fingerprint density at radius 2 is 2.08 bits per heavy atom. The van der Waals surface area contributed by atoms with Gasteiger partial charge in [0.1, 0.15) is 11.6 Å². The van der Waals surface area contributed by atoms with Gasteiger partial charge in [-0.25, -0.2) is 8.78 Å². The Bertz CT molecular complexity index is 617. The molecular formula is C19H25F2NO3. The number of carbonyl (C=O) groups is 1. The Morgan fingerprint density at radius 3 is 2.76 bits per heavy atom. The highest BCUT2D eigenvalue weighted by atomic mass is 19.1. The van der Waals surface area contributed by atoms with Gasteiger partial charge >= 0.3 is 0 Å². The molecule has 0 aromatic heterocycles. The number of hydrogen-bond donors (Lipinski definition) is 1. The molecule has 1 saturated carbocycles. The Hall–Kier alpha value is -1.53. The van der Waals surface area contributed by atoms with Crippen LogP contribution in [0.4, 0.5) is 8.78 Å². The van der Waals surface area contributed by atoms with E-state index in [1.807, 2.05) is 0 Å². The fourth-order valence-electron chi connectivity index (χ4n) is 4.16. The van der Waals surface area contributed by atoms with Crippen molar-refractivity contribution in [2.45, 2.75) is 43.6 Å². The molecule has 0 radical (unpaired) electrons. The van der Waals surface area contributed by atoms with E-state index < -0.39 is 17.0 Å². The van der Waals surface area contributed by atoms with E-state index in [4.69, 9.17) is 9.47 Å². The number of benzene rings is 1. The molecule has 0 unspecified atom stereocenters. The van der Waals surface area contributed by atoms with E-state index in [0.29, 0.717) is 32.6 Å². The summed E-state index contributed by atoms with van der Waals surface area (Å²) in [6.45, 7) is 1.28. The highest BCUT2D eigenvalue weighted by molar-refractivity contribution is 5.88. The molecule has 6 heteroatoms. The van der Waals surface area contributed by atoms with Crippen LogP contribution in [0.2, 0.25) is 0 Å². The maximum atomic E-state index is 14.4. The lowest BCUT2D eigenvalue weighted by atomic mass is 9.73. The first-order valence-electron chi connectivity index (χ1n) is 8.91. The molecule has 3 rings (SSSR count). The number of carbonyl (C=O) groups excluding carboxylic acids is 1. The summed E-state index contributed by atoms with van der Waals surface area (Å²) in [5, 5.41) is 3.00. The van der Waals surface area contributed by atoms with E-state index in [2.05, 4.69) is 5.32 Å². The number of ether oxygens (including phenoxy) is 2. The Balaban J connectivity index is 1.79. The molecular weight excluding hydrogens is 328 g/mol. The fourth-order valence-corrected chi connectivity index (χ4v) is 4.16. The molecule has 25 heavy (non-hydrogen) atoms. The van der Waals surface area contributed by atoms with Crippen molar-refractivity contribution >= 4 is 5.91 Å². The molecule has 0 spiro atoms. The van der Waals surface area contributed by atoms with Crippen molar-refractivity contribution in [1.29, 1.82) is 0 Å². The third-order valence-electron chi connectivity index (χ3n) is 5.64. The third kappa shape index (κ3) is 3.70. The third-order valence-corrected chi connectivity index (χ3v) is 5.64. The smallest absolute Gasteiger partial charge is 0.230 e. The summed E-state index contributed by atoms with van der Waals surface area (Å²) in [4.78, 5) is 13.0. The molecule has 1 saturated heterocycles. The normalized spacial score (nSPS) is 25.7. The minimum Gasteiger partial charge on any atom is -0.381 e. The lowest BCUT2D eigenvalue weighted by Gasteiger charge is -2.37. The predicted octanol–water partition coefficient (Wildman–Crippen LogP) is 2.94. The van der Waals surface area contributed by atoms with Crippen molar-refractivity contribution in [3.63, 3.8) is 0 Å². The second-order valence-corrected chi connectivity index (χ2v) is 6.99. The summed E-state index contributed by atoms with van der Waals surface area (Å²) in [6.07, 6.45) is 4.04. The van der Waals surface area contributed by atoms with Gasteiger partial charge in [0.2, 0.25) is 5.91 Å². The molecule has 4 nitrogen and oxygen atoms in total. The zero-order valence-electron chi connectivity index (χ0n) is 14.5. The number of hydrogen-bond acceptors (Lipinski definition) is 3. The van der Waals surface area contributed by atoms with Gasteiger partial charge in [0, 0.05) is 44.4 Å². The number of amides is 1. The van der Waals surface area contributed by atoms with Crippen LogP contribution < -0.4 is 5.32 Å². The van der Waals surface area contributed by atoms with Crippen LogP contribution in [-0.2, 0) is 19.7 Å². The van der Waals surface area contributed by atoms with Crippen molar-refractivity contribution in [3.05, 3.63) is 35.4 Å². The monoisotopic (exact) mass is 353 g/mol. The highest BCUT2D eigenvalue weighted by Crippen LogP contribution is 2.37. The van der Waals surface area contributed by atoms with E-state index in [1.165, 1.54) is 12.1 Å². The van der Waals surface area contributed by atoms with Gasteiger partial charge in [-0.1, -0.05) is 12.5 Å². The standard InChI is InChI=1S/C19H25F2NO3/c1-24-17-4-2-3-13(17)12-22-18(23)19(7-9-25-10-8-19)15-6-5-14(20)11-16(15)21/h5-6,11,13,17H,2-4,7-10,12H2,1H3,(H,22,23)/t13-,17+/m1/s1. The van der Waals surface area contributed by atoms with E-state index in [1.54, 1.807) is 7.11 Å². The molecule has 1 heterocycles. The van der Waals surface area contributed by atoms with Crippen LogP contribution in [0.3, 0.4) is 0 Å². The van der Waals surface area contributed by atoms with Crippen LogP contribution in [0.1, 0.15) is 37.7 Å². The zero-order chi connectivity index (χ0) is 17.9. The minimum absolute atomic E-state index is 0.161. The van der Waals surface area contributed by atoms with Crippen LogP contribution in [0.15, 0.2) is 18.2 Å². The largest absolute Gasteiger partial charge is 0.381 e. The zero-order valence-corrected chi connectivity index (χ0v) is 14.5. The van der Waals surface area contributed by atoms with E-state index >= 15 is 0 Å². The highest BCUT2D eigenvalue weighted by Gasteiger charge is 2.44. The Labute approximate surface area is 146 Å². The SMILES string of the molecule is CO[C@H]1CCC[C@@H]1CNC(=O)C1(c2ccc(F)cc2F)CCOCC1. The van der Waals surface area contributed by atoms with Crippen LogP contribution in [0.25, 0.3) is 0 Å². The van der Waals surface area contributed by atoms with E-state index in [-0.39, 0.29) is 23.5 Å². The number of nitrogens with one attached hydrogen (secondary N) is 1. The van der Waals surface area contributed by atoms with Crippen molar-refractivity contribution in [1.82, 2.24) is 5.32 Å². The average molecular weight is 353 g/mol. The van der Waals surface area contributed by atoms with Crippen molar-refractivity contribution in [3.8, 4) is 0 Å². The number of halogens is 2. The first kappa shape index (κ1) is 18.3. The first-order chi connectivity index (χ1) is 12.1. The van der Waals surface area contributed by atoms with Gasteiger partial charge in [0.25, 0.3) is 0 Å².